The molecule has 2 rings (SSSR count). The van der Waals surface area contributed by atoms with E-state index in [0.29, 0.717) is 15.9 Å². The minimum atomic E-state index is -3.16. The maximum atomic E-state index is 12.0. The lowest BCUT2D eigenvalue weighted by Crippen LogP contribution is -2.10. The molecule has 0 amide bonds. The molecule has 2 N–H and O–H groups in total. The van der Waals surface area contributed by atoms with E-state index in [-0.39, 0.29) is 5.25 Å². The Labute approximate surface area is 103 Å². The van der Waals surface area contributed by atoms with E-state index >= 15 is 0 Å². The number of hydroxylamine groups is 1. The van der Waals surface area contributed by atoms with Crippen molar-refractivity contribution >= 4 is 25.8 Å². The fraction of sp³-hybridized carbons (Fsp3) is 0.400. The van der Waals surface area contributed by atoms with Crippen molar-refractivity contribution in [1.82, 2.24) is 5.48 Å². The first kappa shape index (κ1) is 12.0. The summed E-state index contributed by atoms with van der Waals surface area (Å²) in [5.41, 5.74) is 2.86. The summed E-state index contributed by atoms with van der Waals surface area (Å²) in [4.78, 5) is 0.344. The van der Waals surface area contributed by atoms with Gasteiger partial charge in [0.05, 0.1) is 10.1 Å². The number of rotatable bonds is 4. The van der Waals surface area contributed by atoms with Crippen LogP contribution < -0.4 is 5.48 Å². The van der Waals surface area contributed by atoms with E-state index < -0.39 is 9.84 Å². The van der Waals surface area contributed by atoms with Gasteiger partial charge >= 0.3 is 0 Å². The summed E-state index contributed by atoms with van der Waals surface area (Å²) in [5, 5.41) is 8.35. The molecule has 0 aliphatic heterocycles. The van der Waals surface area contributed by atoms with Gasteiger partial charge in [-0.3, -0.25) is 0 Å². The molecule has 4 nitrogen and oxygen atoms in total. The van der Waals surface area contributed by atoms with Gasteiger partial charge in [-0.15, -0.1) is 0 Å². The maximum absolute atomic E-state index is 12.0. The van der Waals surface area contributed by atoms with Gasteiger partial charge in [0.1, 0.15) is 0 Å². The lowest BCUT2D eigenvalue weighted by atomic mass is 10.2. The third-order valence-electron chi connectivity index (χ3n) is 2.55. The predicted octanol–water partition coefficient (Wildman–Crippen LogP) is 1.86. The molecular weight excluding hydrogens is 294 g/mol. The number of benzene rings is 1. The zero-order valence-electron chi connectivity index (χ0n) is 8.48. The zero-order valence-corrected chi connectivity index (χ0v) is 10.9. The van der Waals surface area contributed by atoms with Crippen molar-refractivity contribution in [2.24, 2.45) is 0 Å². The second-order valence-corrected chi connectivity index (χ2v) is 6.89. The first-order valence-corrected chi connectivity index (χ1v) is 7.29. The second kappa shape index (κ2) is 4.44. The highest BCUT2D eigenvalue weighted by Crippen LogP contribution is 2.36. The summed E-state index contributed by atoms with van der Waals surface area (Å²) in [6.45, 7) is 0.294. The van der Waals surface area contributed by atoms with Crippen molar-refractivity contribution < 1.29 is 13.6 Å². The Morgan fingerprint density at radius 3 is 2.62 bits per heavy atom. The van der Waals surface area contributed by atoms with Crippen molar-refractivity contribution in [2.75, 3.05) is 0 Å². The number of nitrogens with one attached hydrogen (secondary N) is 1. The fourth-order valence-corrected chi connectivity index (χ4v) is 4.34. The van der Waals surface area contributed by atoms with Crippen LogP contribution in [-0.4, -0.2) is 18.9 Å². The number of sulfone groups is 1. The van der Waals surface area contributed by atoms with Crippen LogP contribution >= 0.6 is 15.9 Å². The third-order valence-corrected chi connectivity index (χ3v) is 5.79. The molecule has 0 saturated heterocycles. The Bertz CT molecular complexity index is 497. The van der Waals surface area contributed by atoms with Crippen LogP contribution in [-0.2, 0) is 16.4 Å². The van der Waals surface area contributed by atoms with Gasteiger partial charge in [0.2, 0.25) is 0 Å². The van der Waals surface area contributed by atoms with Crippen LogP contribution in [0.1, 0.15) is 18.4 Å². The summed E-state index contributed by atoms with van der Waals surface area (Å²) < 4.78 is 24.5. The van der Waals surface area contributed by atoms with Gasteiger partial charge in [-0.1, -0.05) is 6.07 Å². The van der Waals surface area contributed by atoms with Gasteiger partial charge < -0.3 is 5.21 Å². The normalized spacial score (nSPS) is 16.4. The highest BCUT2D eigenvalue weighted by Gasteiger charge is 2.37. The van der Waals surface area contributed by atoms with E-state index in [4.69, 9.17) is 5.21 Å². The Morgan fingerprint density at radius 2 is 2.12 bits per heavy atom. The molecule has 0 aromatic heterocycles. The van der Waals surface area contributed by atoms with Crippen LogP contribution in [0.2, 0.25) is 0 Å². The highest BCUT2D eigenvalue weighted by molar-refractivity contribution is 9.10. The summed E-state index contributed by atoms with van der Waals surface area (Å²) in [5.74, 6) is 0. The Balaban J connectivity index is 2.36. The lowest BCUT2D eigenvalue weighted by molar-refractivity contribution is 0.161. The summed E-state index contributed by atoms with van der Waals surface area (Å²) >= 11 is 3.26. The molecule has 1 aliphatic carbocycles. The minimum absolute atomic E-state index is 0.203. The van der Waals surface area contributed by atoms with Crippen molar-refractivity contribution in [3.8, 4) is 0 Å². The number of halogens is 1. The largest absolute Gasteiger partial charge is 0.316 e. The molecule has 0 bridgehead atoms. The molecule has 0 spiro atoms. The molecule has 16 heavy (non-hydrogen) atoms. The highest BCUT2D eigenvalue weighted by atomic mass is 79.9. The Hall–Kier alpha value is -0.430. The van der Waals surface area contributed by atoms with E-state index in [1.807, 2.05) is 5.48 Å². The van der Waals surface area contributed by atoms with E-state index in [1.165, 1.54) is 0 Å². The molecule has 6 heteroatoms. The molecule has 0 unspecified atom stereocenters. The van der Waals surface area contributed by atoms with Gasteiger partial charge in [0, 0.05) is 11.0 Å². The van der Waals surface area contributed by atoms with Crippen LogP contribution in [0.4, 0.5) is 0 Å². The summed E-state index contributed by atoms with van der Waals surface area (Å²) in [7, 11) is -3.16. The van der Waals surface area contributed by atoms with Crippen LogP contribution in [0.5, 0.6) is 0 Å². The van der Waals surface area contributed by atoms with Crippen LogP contribution in [0.25, 0.3) is 0 Å². The number of hydrogen-bond acceptors (Lipinski definition) is 4. The molecule has 88 valence electrons. The topological polar surface area (TPSA) is 66.4 Å². The van der Waals surface area contributed by atoms with Crippen LogP contribution in [0, 0.1) is 0 Å². The van der Waals surface area contributed by atoms with Crippen molar-refractivity contribution in [3.63, 3.8) is 0 Å². The molecule has 0 heterocycles. The summed E-state index contributed by atoms with van der Waals surface area (Å²) in [6.07, 6.45) is 1.52. The van der Waals surface area contributed by atoms with Crippen LogP contribution in [0.15, 0.2) is 27.6 Å². The molecule has 1 saturated carbocycles. The molecule has 1 fully saturated rings. The van der Waals surface area contributed by atoms with Gasteiger partial charge in [-0.25, -0.2) is 13.9 Å². The van der Waals surface area contributed by atoms with Crippen molar-refractivity contribution in [1.29, 1.82) is 0 Å². The molecular formula is C10H12BrNO3S. The SMILES string of the molecule is O=S(=O)(c1ccc(CNO)cc1Br)C1CC1. The molecule has 1 aliphatic rings. The Kier molecular flexibility index (Phi) is 3.34. The van der Waals surface area contributed by atoms with Gasteiger partial charge in [-0.05, 0) is 46.5 Å². The molecule has 0 atom stereocenters. The third kappa shape index (κ3) is 2.29. The average Bonchev–Trinajstić information content (AvgIpc) is 3.00. The lowest BCUT2D eigenvalue weighted by Gasteiger charge is -2.07. The quantitative estimate of drug-likeness (QED) is 0.833. The predicted molar refractivity (Wildman–Crippen MR) is 63.0 cm³/mol. The fourth-order valence-electron chi connectivity index (χ4n) is 1.53. The van der Waals surface area contributed by atoms with E-state index in [1.54, 1.807) is 18.2 Å². The van der Waals surface area contributed by atoms with Crippen molar-refractivity contribution in [3.05, 3.63) is 28.2 Å². The smallest absolute Gasteiger partial charge is 0.182 e. The van der Waals surface area contributed by atoms with Gasteiger partial charge in [0.25, 0.3) is 0 Å². The van der Waals surface area contributed by atoms with Gasteiger partial charge in [0.15, 0.2) is 9.84 Å². The minimum Gasteiger partial charge on any atom is -0.316 e. The first-order chi connectivity index (χ1) is 7.55. The van der Waals surface area contributed by atoms with E-state index in [0.717, 1.165) is 18.4 Å². The molecule has 1 aromatic rings. The molecule has 0 radical (unpaired) electrons. The Morgan fingerprint density at radius 1 is 1.44 bits per heavy atom. The first-order valence-electron chi connectivity index (χ1n) is 4.95. The van der Waals surface area contributed by atoms with Gasteiger partial charge in [-0.2, -0.15) is 0 Å². The maximum Gasteiger partial charge on any atom is 0.182 e. The standard InChI is InChI=1S/C10H12BrNO3S/c11-9-5-7(6-12-13)1-4-10(9)16(14,15)8-2-3-8/h1,4-5,8,12-13H,2-3,6H2. The zero-order chi connectivity index (χ0) is 11.8. The second-order valence-electron chi connectivity index (χ2n) is 3.84. The molecule has 1 aromatic carbocycles. The van der Waals surface area contributed by atoms with E-state index in [9.17, 15) is 8.42 Å². The van der Waals surface area contributed by atoms with Crippen molar-refractivity contribution in [2.45, 2.75) is 29.5 Å². The van der Waals surface area contributed by atoms with Crippen LogP contribution in [0.3, 0.4) is 0 Å². The number of hydrogen-bond donors (Lipinski definition) is 2. The van der Waals surface area contributed by atoms with E-state index in [2.05, 4.69) is 15.9 Å². The monoisotopic (exact) mass is 305 g/mol. The summed E-state index contributed by atoms with van der Waals surface area (Å²) in [6, 6.07) is 4.99. The average molecular weight is 306 g/mol.